The molecule has 3 heteroatoms. The topological polar surface area (TPSA) is 3.24 Å². The highest BCUT2D eigenvalue weighted by atomic mass is 79.9. The van der Waals surface area contributed by atoms with Gasteiger partial charge < -0.3 is 0 Å². The number of benzene rings is 1. The van der Waals surface area contributed by atoms with Crippen molar-refractivity contribution >= 4 is 27.5 Å². The fourth-order valence-corrected chi connectivity index (χ4v) is 3.65. The number of likely N-dealkylation sites (tertiary alicyclic amines) is 1. The molecule has 0 aromatic heterocycles. The van der Waals surface area contributed by atoms with E-state index in [9.17, 15) is 0 Å². The molecule has 0 spiro atoms. The normalized spacial score (nSPS) is 21.8. The highest BCUT2D eigenvalue weighted by Gasteiger charge is 2.20. The summed E-state index contributed by atoms with van der Waals surface area (Å²) in [6.45, 7) is 4.26. The Balaban J connectivity index is 2.10. The van der Waals surface area contributed by atoms with Crippen molar-refractivity contribution in [2.75, 3.05) is 11.9 Å². The Morgan fingerprint density at radius 2 is 2.17 bits per heavy atom. The Morgan fingerprint density at radius 3 is 2.89 bits per heavy atom. The Hall–Kier alpha value is -0.0500. The monoisotopic (exact) mass is 329 g/mol. The van der Waals surface area contributed by atoms with Gasteiger partial charge in [0, 0.05) is 22.9 Å². The lowest BCUT2D eigenvalue weighted by Gasteiger charge is -2.29. The van der Waals surface area contributed by atoms with Gasteiger partial charge in [-0.05, 0) is 43.5 Å². The summed E-state index contributed by atoms with van der Waals surface area (Å²) in [5.74, 6) is 0. The molecule has 18 heavy (non-hydrogen) atoms. The highest BCUT2D eigenvalue weighted by molar-refractivity contribution is 9.09. The number of nitrogens with zero attached hydrogens (tertiary/aromatic N) is 1. The maximum atomic E-state index is 6.34. The average molecular weight is 331 g/mol. The second kappa shape index (κ2) is 6.93. The van der Waals surface area contributed by atoms with Gasteiger partial charge >= 0.3 is 0 Å². The molecule has 0 radical (unpaired) electrons. The van der Waals surface area contributed by atoms with E-state index in [1.165, 1.54) is 43.4 Å². The van der Waals surface area contributed by atoms with Gasteiger partial charge in [0.2, 0.25) is 0 Å². The van der Waals surface area contributed by atoms with Crippen LogP contribution in [-0.4, -0.2) is 22.8 Å². The molecule has 0 bridgehead atoms. The Bertz CT molecular complexity index is 394. The molecule has 0 aliphatic carbocycles. The van der Waals surface area contributed by atoms with Crippen molar-refractivity contribution in [3.63, 3.8) is 0 Å². The van der Waals surface area contributed by atoms with Gasteiger partial charge in [-0.2, -0.15) is 0 Å². The van der Waals surface area contributed by atoms with E-state index in [0.29, 0.717) is 6.04 Å². The maximum absolute atomic E-state index is 6.34. The quantitative estimate of drug-likeness (QED) is 0.720. The fourth-order valence-electron chi connectivity index (χ4n) is 2.62. The van der Waals surface area contributed by atoms with E-state index in [-0.39, 0.29) is 0 Å². The first-order valence-electron chi connectivity index (χ1n) is 6.75. The third-order valence-corrected chi connectivity index (χ3v) is 4.86. The smallest absolute Gasteiger partial charge is 0.0453 e. The first-order chi connectivity index (χ1) is 8.70. The number of hydrogen-bond donors (Lipinski definition) is 0. The van der Waals surface area contributed by atoms with Gasteiger partial charge in [0.05, 0.1) is 0 Å². The minimum absolute atomic E-state index is 0.657. The molecule has 0 N–H and O–H groups in total. The lowest BCUT2D eigenvalue weighted by atomic mass is 10.1. The van der Waals surface area contributed by atoms with Crippen molar-refractivity contribution < 1.29 is 0 Å². The molecule has 0 amide bonds. The Labute approximate surface area is 124 Å². The first-order valence-corrected chi connectivity index (χ1v) is 8.25. The minimum atomic E-state index is 0.657. The average Bonchev–Trinajstić information content (AvgIpc) is 2.57. The Kier molecular flexibility index (Phi) is 5.53. The maximum Gasteiger partial charge on any atom is 0.0453 e. The molecule has 2 rings (SSSR count). The number of aryl methyl sites for hydroxylation is 1. The molecule has 1 aliphatic rings. The molecule has 100 valence electrons. The Morgan fingerprint density at radius 1 is 1.33 bits per heavy atom. The summed E-state index contributed by atoms with van der Waals surface area (Å²) in [6.07, 6.45) is 5.33. The van der Waals surface area contributed by atoms with Crippen molar-refractivity contribution in [2.45, 2.75) is 45.2 Å². The lowest BCUT2D eigenvalue weighted by Crippen LogP contribution is -2.35. The van der Waals surface area contributed by atoms with Crippen LogP contribution >= 0.6 is 27.5 Å². The zero-order chi connectivity index (χ0) is 13.0. The van der Waals surface area contributed by atoms with E-state index in [1.807, 2.05) is 0 Å². The van der Waals surface area contributed by atoms with Crippen LogP contribution in [0.15, 0.2) is 18.2 Å². The van der Waals surface area contributed by atoms with Gasteiger partial charge in [-0.15, -0.1) is 0 Å². The van der Waals surface area contributed by atoms with Gasteiger partial charge in [-0.1, -0.05) is 52.5 Å². The van der Waals surface area contributed by atoms with Crippen LogP contribution in [0.3, 0.4) is 0 Å². The third kappa shape index (κ3) is 3.72. The molecular weight excluding hydrogens is 310 g/mol. The number of halogens is 2. The molecule has 1 unspecified atom stereocenters. The molecule has 1 aromatic rings. The molecule has 0 saturated carbocycles. The summed E-state index contributed by atoms with van der Waals surface area (Å²) < 4.78 is 0. The van der Waals surface area contributed by atoms with Crippen LogP contribution in [0.2, 0.25) is 5.02 Å². The van der Waals surface area contributed by atoms with E-state index in [1.54, 1.807) is 0 Å². The second-order valence-electron chi connectivity index (χ2n) is 5.22. The molecule has 1 heterocycles. The summed E-state index contributed by atoms with van der Waals surface area (Å²) in [5, 5.41) is 1.98. The van der Waals surface area contributed by atoms with Crippen LogP contribution in [0.25, 0.3) is 0 Å². The van der Waals surface area contributed by atoms with Crippen LogP contribution < -0.4 is 0 Å². The summed E-state index contributed by atoms with van der Waals surface area (Å²) >= 11 is 10.00. The van der Waals surface area contributed by atoms with Gasteiger partial charge in [0.1, 0.15) is 0 Å². The molecular formula is C15H21BrClN. The van der Waals surface area contributed by atoms with Gasteiger partial charge in [0.15, 0.2) is 0 Å². The molecule has 1 aliphatic heterocycles. The number of rotatable bonds is 3. The zero-order valence-corrected chi connectivity index (χ0v) is 13.3. The number of hydrogen-bond acceptors (Lipinski definition) is 1. The minimum Gasteiger partial charge on any atom is -0.295 e. The van der Waals surface area contributed by atoms with E-state index < -0.39 is 0 Å². The first kappa shape index (κ1) is 14.4. The third-order valence-electron chi connectivity index (χ3n) is 3.76. The largest absolute Gasteiger partial charge is 0.295 e. The van der Waals surface area contributed by atoms with E-state index in [2.05, 4.69) is 46.0 Å². The van der Waals surface area contributed by atoms with Crippen molar-refractivity contribution in [3.8, 4) is 0 Å². The predicted octanol–water partition coefficient (Wildman–Crippen LogP) is 4.79. The van der Waals surface area contributed by atoms with Crippen LogP contribution in [0, 0.1) is 6.92 Å². The zero-order valence-electron chi connectivity index (χ0n) is 11.0. The summed E-state index contributed by atoms with van der Waals surface area (Å²) in [7, 11) is 0. The van der Waals surface area contributed by atoms with Crippen LogP contribution in [0.4, 0.5) is 0 Å². The summed E-state index contributed by atoms with van der Waals surface area (Å²) in [4.78, 5) is 2.58. The molecule has 1 nitrogen and oxygen atoms in total. The number of alkyl halides is 1. The fraction of sp³-hybridized carbons (Fsp3) is 0.600. The van der Waals surface area contributed by atoms with E-state index >= 15 is 0 Å². The van der Waals surface area contributed by atoms with Crippen LogP contribution in [0.1, 0.15) is 36.8 Å². The van der Waals surface area contributed by atoms with Gasteiger partial charge in [0.25, 0.3) is 0 Å². The highest BCUT2D eigenvalue weighted by Crippen LogP contribution is 2.24. The SMILES string of the molecule is Cc1ccc(CN2CCCCCC2CBr)c(Cl)c1. The van der Waals surface area contributed by atoms with E-state index in [0.717, 1.165) is 16.9 Å². The summed E-state index contributed by atoms with van der Waals surface area (Å²) in [6, 6.07) is 7.05. The predicted molar refractivity (Wildman–Crippen MR) is 82.6 cm³/mol. The molecule has 1 aromatic carbocycles. The molecule has 1 atom stereocenters. The second-order valence-corrected chi connectivity index (χ2v) is 6.28. The molecule has 1 saturated heterocycles. The van der Waals surface area contributed by atoms with Gasteiger partial charge in [-0.3, -0.25) is 4.90 Å². The van der Waals surface area contributed by atoms with Crippen LogP contribution in [-0.2, 0) is 6.54 Å². The van der Waals surface area contributed by atoms with Crippen molar-refractivity contribution in [3.05, 3.63) is 34.3 Å². The summed E-state index contributed by atoms with van der Waals surface area (Å²) in [5.41, 5.74) is 2.49. The van der Waals surface area contributed by atoms with Gasteiger partial charge in [-0.25, -0.2) is 0 Å². The van der Waals surface area contributed by atoms with Crippen molar-refractivity contribution in [1.82, 2.24) is 4.90 Å². The lowest BCUT2D eigenvalue weighted by molar-refractivity contribution is 0.209. The van der Waals surface area contributed by atoms with Crippen LogP contribution in [0.5, 0.6) is 0 Å². The molecule has 1 fully saturated rings. The van der Waals surface area contributed by atoms with E-state index in [4.69, 9.17) is 11.6 Å². The van der Waals surface area contributed by atoms with Crippen molar-refractivity contribution in [1.29, 1.82) is 0 Å². The standard InChI is InChI=1S/C15H21BrClN/c1-12-6-7-13(15(17)9-12)11-18-8-4-2-3-5-14(18)10-16/h6-7,9,14H,2-5,8,10-11H2,1H3. The van der Waals surface area contributed by atoms with Crippen molar-refractivity contribution in [2.24, 2.45) is 0 Å².